The third-order valence-corrected chi connectivity index (χ3v) is 2.08. The number of aliphatic hydroxyl groups excluding tert-OH is 1. The van der Waals surface area contributed by atoms with Crippen molar-refractivity contribution in [3.8, 4) is 0 Å². The molecule has 1 fully saturated rings. The van der Waals surface area contributed by atoms with Gasteiger partial charge in [-0.15, -0.1) is 0 Å². The van der Waals surface area contributed by atoms with Gasteiger partial charge in [0, 0.05) is 12.1 Å². The molecule has 0 saturated heterocycles. The molecule has 0 spiro atoms. The number of rotatable bonds is 2. The van der Waals surface area contributed by atoms with E-state index in [-0.39, 0.29) is 12.1 Å². The molecule has 1 saturated carbocycles. The van der Waals surface area contributed by atoms with Crippen molar-refractivity contribution in [3.05, 3.63) is 0 Å². The van der Waals surface area contributed by atoms with Crippen LogP contribution in [0.15, 0.2) is 0 Å². The van der Waals surface area contributed by atoms with Gasteiger partial charge in [0.2, 0.25) is 0 Å². The van der Waals surface area contributed by atoms with Gasteiger partial charge in [0.15, 0.2) is 0 Å². The van der Waals surface area contributed by atoms with Crippen LogP contribution in [-0.4, -0.2) is 17.3 Å². The maximum atomic E-state index is 8.63. The molecule has 0 unspecified atom stereocenters. The first-order chi connectivity index (χ1) is 3.69. The summed E-state index contributed by atoms with van der Waals surface area (Å²) >= 11 is 0. The summed E-state index contributed by atoms with van der Waals surface area (Å²) in [5.41, 5.74) is 5.75. The van der Waals surface area contributed by atoms with E-state index in [9.17, 15) is 0 Å². The van der Waals surface area contributed by atoms with Crippen LogP contribution in [-0.2, 0) is 0 Å². The van der Waals surface area contributed by atoms with Crippen molar-refractivity contribution in [2.24, 2.45) is 11.7 Å². The average Bonchev–Trinajstić information content (AvgIpc) is 2.47. The Morgan fingerprint density at radius 3 is 2.38 bits per heavy atom. The molecule has 0 aromatic heterocycles. The first-order valence-electron chi connectivity index (χ1n) is 3.09. The molecule has 0 heterocycles. The Labute approximate surface area is 49.7 Å². The second kappa shape index (κ2) is 1.71. The first kappa shape index (κ1) is 6.05. The summed E-state index contributed by atoms with van der Waals surface area (Å²) in [6, 6.07) is 0. The topological polar surface area (TPSA) is 46.2 Å². The fourth-order valence-corrected chi connectivity index (χ4v) is 0.819. The summed E-state index contributed by atoms with van der Waals surface area (Å²) < 4.78 is 0. The van der Waals surface area contributed by atoms with E-state index in [4.69, 9.17) is 10.8 Å². The molecular formula is C6H13NO. The number of nitrogens with two attached hydrogens (primary N) is 1. The zero-order valence-corrected chi connectivity index (χ0v) is 5.22. The van der Waals surface area contributed by atoms with Gasteiger partial charge in [-0.2, -0.15) is 0 Å². The van der Waals surface area contributed by atoms with E-state index in [1.165, 1.54) is 0 Å². The van der Waals surface area contributed by atoms with Crippen LogP contribution in [0.25, 0.3) is 0 Å². The van der Waals surface area contributed by atoms with E-state index in [1.54, 1.807) is 0 Å². The Morgan fingerprint density at radius 2 is 2.25 bits per heavy atom. The third-order valence-electron chi connectivity index (χ3n) is 2.08. The normalized spacial score (nSPS) is 27.4. The lowest BCUT2D eigenvalue weighted by Crippen LogP contribution is -2.32. The summed E-state index contributed by atoms with van der Waals surface area (Å²) in [5.74, 6) is 0.294. The van der Waals surface area contributed by atoms with Crippen LogP contribution in [0.4, 0.5) is 0 Å². The van der Waals surface area contributed by atoms with Crippen molar-refractivity contribution < 1.29 is 5.11 Å². The van der Waals surface area contributed by atoms with Crippen LogP contribution in [0.1, 0.15) is 19.8 Å². The molecule has 3 N–H and O–H groups in total. The van der Waals surface area contributed by atoms with Gasteiger partial charge in [0.1, 0.15) is 0 Å². The van der Waals surface area contributed by atoms with E-state index < -0.39 is 0 Å². The van der Waals surface area contributed by atoms with E-state index in [2.05, 4.69) is 0 Å². The first-order valence-corrected chi connectivity index (χ1v) is 3.09. The van der Waals surface area contributed by atoms with Crippen molar-refractivity contribution in [1.82, 2.24) is 0 Å². The minimum absolute atomic E-state index is 0.00868. The van der Waals surface area contributed by atoms with Gasteiger partial charge in [0.05, 0.1) is 0 Å². The Bertz CT molecular complexity index is 88.5. The van der Waals surface area contributed by atoms with Gasteiger partial charge in [-0.05, 0) is 18.8 Å². The molecule has 0 aliphatic heterocycles. The molecule has 1 rings (SSSR count). The molecular weight excluding hydrogens is 102 g/mol. The standard InChI is InChI=1S/C6H13NO/c1-5(4-8)6(7)2-3-6/h5,8H,2-4,7H2,1H3/t5-/m0/s1. The smallest absolute Gasteiger partial charge is 0.0474 e. The van der Waals surface area contributed by atoms with Gasteiger partial charge in [0.25, 0.3) is 0 Å². The van der Waals surface area contributed by atoms with Crippen LogP contribution in [0.3, 0.4) is 0 Å². The molecule has 0 radical (unpaired) electrons. The highest BCUT2D eigenvalue weighted by Crippen LogP contribution is 2.38. The third kappa shape index (κ3) is 0.858. The van der Waals surface area contributed by atoms with E-state index in [0.717, 1.165) is 12.8 Å². The number of hydrogen-bond acceptors (Lipinski definition) is 2. The minimum Gasteiger partial charge on any atom is -0.396 e. The van der Waals surface area contributed by atoms with Gasteiger partial charge < -0.3 is 10.8 Å². The van der Waals surface area contributed by atoms with Gasteiger partial charge in [-0.25, -0.2) is 0 Å². The Morgan fingerprint density at radius 1 is 1.75 bits per heavy atom. The number of hydrogen-bond donors (Lipinski definition) is 2. The van der Waals surface area contributed by atoms with E-state index in [1.807, 2.05) is 6.92 Å². The molecule has 0 bridgehead atoms. The summed E-state index contributed by atoms with van der Waals surface area (Å²) in [4.78, 5) is 0. The zero-order valence-electron chi connectivity index (χ0n) is 5.22. The Hall–Kier alpha value is -0.0800. The highest BCUT2D eigenvalue weighted by molar-refractivity contribution is 5.02. The second-order valence-corrected chi connectivity index (χ2v) is 2.82. The predicted octanol–water partition coefficient (Wildman–Crippen LogP) is 0.106. The van der Waals surface area contributed by atoms with Crippen LogP contribution in [0.5, 0.6) is 0 Å². The Kier molecular flexibility index (Phi) is 1.29. The molecule has 0 amide bonds. The maximum Gasteiger partial charge on any atom is 0.0474 e. The highest BCUT2D eigenvalue weighted by Gasteiger charge is 2.42. The lowest BCUT2D eigenvalue weighted by Gasteiger charge is -2.14. The lowest BCUT2D eigenvalue weighted by molar-refractivity contribution is 0.209. The van der Waals surface area contributed by atoms with Crippen molar-refractivity contribution in [1.29, 1.82) is 0 Å². The molecule has 8 heavy (non-hydrogen) atoms. The summed E-state index contributed by atoms with van der Waals surface area (Å²) in [7, 11) is 0. The molecule has 1 aliphatic rings. The fraction of sp³-hybridized carbons (Fsp3) is 1.00. The van der Waals surface area contributed by atoms with Crippen molar-refractivity contribution >= 4 is 0 Å². The van der Waals surface area contributed by atoms with Crippen LogP contribution in [0, 0.1) is 5.92 Å². The van der Waals surface area contributed by atoms with E-state index >= 15 is 0 Å². The summed E-state index contributed by atoms with van der Waals surface area (Å²) in [6.45, 7) is 2.23. The molecule has 48 valence electrons. The Balaban J connectivity index is 2.34. The summed E-state index contributed by atoms with van der Waals surface area (Å²) in [5, 5.41) is 8.63. The van der Waals surface area contributed by atoms with Crippen molar-refractivity contribution in [3.63, 3.8) is 0 Å². The van der Waals surface area contributed by atoms with Crippen LogP contribution < -0.4 is 5.73 Å². The molecule has 0 aromatic carbocycles. The fourth-order valence-electron chi connectivity index (χ4n) is 0.819. The average molecular weight is 115 g/mol. The molecule has 1 aliphatic carbocycles. The monoisotopic (exact) mass is 115 g/mol. The predicted molar refractivity (Wildman–Crippen MR) is 32.4 cm³/mol. The molecule has 0 aromatic rings. The van der Waals surface area contributed by atoms with Crippen LogP contribution >= 0.6 is 0 Å². The van der Waals surface area contributed by atoms with Crippen molar-refractivity contribution in [2.75, 3.05) is 6.61 Å². The van der Waals surface area contributed by atoms with E-state index in [0.29, 0.717) is 5.92 Å². The quantitative estimate of drug-likeness (QED) is 0.536. The highest BCUT2D eigenvalue weighted by atomic mass is 16.3. The lowest BCUT2D eigenvalue weighted by atomic mass is 10.0. The number of aliphatic hydroxyl groups is 1. The second-order valence-electron chi connectivity index (χ2n) is 2.82. The van der Waals surface area contributed by atoms with Gasteiger partial charge in [-0.3, -0.25) is 0 Å². The molecule has 2 heteroatoms. The zero-order chi connectivity index (χ0) is 6.20. The van der Waals surface area contributed by atoms with Crippen LogP contribution in [0.2, 0.25) is 0 Å². The van der Waals surface area contributed by atoms with Gasteiger partial charge >= 0.3 is 0 Å². The largest absolute Gasteiger partial charge is 0.396 e. The molecule has 1 atom stereocenters. The van der Waals surface area contributed by atoms with Crippen molar-refractivity contribution in [2.45, 2.75) is 25.3 Å². The van der Waals surface area contributed by atoms with Gasteiger partial charge in [-0.1, -0.05) is 6.92 Å². The molecule has 2 nitrogen and oxygen atoms in total. The minimum atomic E-state index is 0.00868. The summed E-state index contributed by atoms with van der Waals surface area (Å²) in [6.07, 6.45) is 2.18. The SMILES string of the molecule is C[C@@H](CO)C1(N)CC1. The maximum absolute atomic E-state index is 8.63.